The lowest BCUT2D eigenvalue weighted by Crippen LogP contribution is -2.53. The van der Waals surface area contributed by atoms with Crippen LogP contribution < -0.4 is 25.0 Å². The van der Waals surface area contributed by atoms with E-state index in [0.29, 0.717) is 27.8 Å². The number of methoxy groups -OCH3 is 1. The lowest BCUT2D eigenvalue weighted by atomic mass is 9.92. The number of imide groups is 1. The van der Waals surface area contributed by atoms with Crippen molar-refractivity contribution < 1.29 is 28.6 Å². The van der Waals surface area contributed by atoms with Crippen molar-refractivity contribution in [3.05, 3.63) is 54.1 Å². The molecule has 0 aromatic heterocycles. The Labute approximate surface area is 166 Å². The van der Waals surface area contributed by atoms with Crippen molar-refractivity contribution in [2.75, 3.05) is 13.7 Å². The Morgan fingerprint density at radius 3 is 2.55 bits per heavy atom. The number of hydrazine groups is 1. The predicted octanol–water partition coefficient (Wildman–Crippen LogP) is 1.33. The monoisotopic (exact) mass is 397 g/mol. The van der Waals surface area contributed by atoms with Gasteiger partial charge in [0.15, 0.2) is 11.5 Å². The van der Waals surface area contributed by atoms with Gasteiger partial charge >= 0.3 is 6.03 Å². The second kappa shape index (κ2) is 7.01. The molecule has 150 valence electrons. The Bertz CT molecular complexity index is 976. The second-order valence-corrected chi connectivity index (χ2v) is 6.76. The van der Waals surface area contributed by atoms with E-state index in [9.17, 15) is 14.4 Å². The van der Waals surface area contributed by atoms with Gasteiger partial charge in [0.2, 0.25) is 6.10 Å². The van der Waals surface area contributed by atoms with Crippen LogP contribution in [0.15, 0.2) is 48.5 Å². The van der Waals surface area contributed by atoms with Crippen LogP contribution in [0.3, 0.4) is 0 Å². The maximum absolute atomic E-state index is 12.9. The number of amides is 4. The van der Waals surface area contributed by atoms with E-state index >= 15 is 0 Å². The normalized spacial score (nSPS) is 22.8. The van der Waals surface area contributed by atoms with Crippen LogP contribution in [0.5, 0.6) is 17.2 Å². The highest BCUT2D eigenvalue weighted by Crippen LogP contribution is 2.32. The number of hydrogen-bond donors (Lipinski definition) is 2. The van der Waals surface area contributed by atoms with E-state index < -0.39 is 29.5 Å². The van der Waals surface area contributed by atoms with Gasteiger partial charge in [-0.15, -0.1) is 0 Å². The molecular weight excluding hydrogens is 378 g/mol. The minimum atomic E-state index is -1.33. The lowest BCUT2D eigenvalue weighted by Gasteiger charge is -2.27. The van der Waals surface area contributed by atoms with Crippen molar-refractivity contribution in [2.45, 2.75) is 18.6 Å². The summed E-state index contributed by atoms with van der Waals surface area (Å²) in [6.07, 6.45) is -1.00. The Morgan fingerprint density at radius 2 is 1.86 bits per heavy atom. The fourth-order valence-electron chi connectivity index (χ4n) is 3.19. The molecule has 4 amide bonds. The molecule has 0 spiro atoms. The summed E-state index contributed by atoms with van der Waals surface area (Å²) in [5.41, 5.74) is 1.56. The van der Waals surface area contributed by atoms with Crippen molar-refractivity contribution >= 4 is 17.8 Å². The highest BCUT2D eigenvalue weighted by Gasteiger charge is 2.50. The van der Waals surface area contributed by atoms with Gasteiger partial charge in [-0.1, -0.05) is 24.3 Å². The Kier molecular flexibility index (Phi) is 4.50. The van der Waals surface area contributed by atoms with Gasteiger partial charge in [-0.25, -0.2) is 4.79 Å². The first kappa shape index (κ1) is 18.6. The number of ether oxygens (including phenoxy) is 3. The molecule has 2 aliphatic heterocycles. The zero-order valence-corrected chi connectivity index (χ0v) is 15.8. The van der Waals surface area contributed by atoms with Crippen molar-refractivity contribution in [1.82, 2.24) is 15.8 Å². The molecule has 2 aromatic carbocycles. The standard InChI is InChI=1S/C20H19N3O6/c1-20(12-7-9-13(27-2)10-8-12)18(25)23(19(26)21-20)22-17(24)16-11-28-14-5-3-4-6-15(14)29-16/h3-10,16H,11H2,1-2H3,(H,21,26)(H,22,24)/t16-,20+/m1/s1. The fraction of sp³-hybridized carbons (Fsp3) is 0.250. The number of carbonyl (C=O) groups excluding carboxylic acids is 3. The molecule has 9 nitrogen and oxygen atoms in total. The molecule has 0 bridgehead atoms. The highest BCUT2D eigenvalue weighted by atomic mass is 16.6. The largest absolute Gasteiger partial charge is 0.497 e. The summed E-state index contributed by atoms with van der Waals surface area (Å²) in [5, 5.41) is 3.28. The molecule has 2 N–H and O–H groups in total. The van der Waals surface area contributed by atoms with Gasteiger partial charge < -0.3 is 19.5 Å². The average Bonchev–Trinajstić information content (AvgIpc) is 2.97. The number of hydrogen-bond acceptors (Lipinski definition) is 6. The third-order valence-electron chi connectivity index (χ3n) is 4.88. The number of rotatable bonds is 4. The Morgan fingerprint density at radius 1 is 1.17 bits per heavy atom. The minimum absolute atomic E-state index is 0.0394. The predicted molar refractivity (Wildman–Crippen MR) is 100 cm³/mol. The first-order valence-electron chi connectivity index (χ1n) is 8.92. The first-order valence-corrected chi connectivity index (χ1v) is 8.92. The Balaban J connectivity index is 1.48. The minimum Gasteiger partial charge on any atom is -0.497 e. The molecule has 2 aromatic rings. The number of carbonyl (C=O) groups is 3. The quantitative estimate of drug-likeness (QED) is 0.754. The van der Waals surface area contributed by atoms with Crippen molar-refractivity contribution in [1.29, 1.82) is 0 Å². The molecular formula is C20H19N3O6. The number of fused-ring (bicyclic) bond motifs is 1. The van der Waals surface area contributed by atoms with E-state index in [2.05, 4.69) is 10.7 Å². The molecule has 0 radical (unpaired) electrons. The summed E-state index contributed by atoms with van der Waals surface area (Å²) in [6, 6.07) is 12.9. The molecule has 2 atom stereocenters. The molecule has 29 heavy (non-hydrogen) atoms. The van der Waals surface area contributed by atoms with E-state index in [4.69, 9.17) is 14.2 Å². The average molecular weight is 397 g/mol. The van der Waals surface area contributed by atoms with Crippen LogP contribution in [0.4, 0.5) is 4.79 Å². The lowest BCUT2D eigenvalue weighted by molar-refractivity contribution is -0.143. The van der Waals surface area contributed by atoms with E-state index in [1.54, 1.807) is 55.5 Å². The first-order chi connectivity index (χ1) is 13.9. The number of nitrogens with zero attached hydrogens (tertiary/aromatic N) is 1. The topological polar surface area (TPSA) is 106 Å². The SMILES string of the molecule is COc1ccc([C@]2(C)NC(=O)N(NC(=O)[C@H]3COc4ccccc4O3)C2=O)cc1. The molecule has 1 saturated heterocycles. The summed E-state index contributed by atoms with van der Waals surface area (Å²) < 4.78 is 16.2. The van der Waals surface area contributed by atoms with Gasteiger partial charge in [0.1, 0.15) is 17.9 Å². The van der Waals surface area contributed by atoms with Gasteiger partial charge in [-0.3, -0.25) is 15.0 Å². The van der Waals surface area contributed by atoms with Crippen molar-refractivity contribution in [3.63, 3.8) is 0 Å². The van der Waals surface area contributed by atoms with Crippen molar-refractivity contribution in [3.8, 4) is 17.2 Å². The molecule has 0 unspecified atom stereocenters. The van der Waals surface area contributed by atoms with Gasteiger partial charge in [0.05, 0.1) is 7.11 Å². The van der Waals surface area contributed by atoms with Crippen LogP contribution >= 0.6 is 0 Å². The van der Waals surface area contributed by atoms with Crippen LogP contribution in [-0.2, 0) is 15.1 Å². The van der Waals surface area contributed by atoms with E-state index in [1.807, 2.05) is 0 Å². The Hall–Kier alpha value is -3.75. The van der Waals surface area contributed by atoms with Crippen LogP contribution in [0, 0.1) is 0 Å². The highest BCUT2D eigenvalue weighted by molar-refractivity contribution is 6.08. The zero-order chi connectivity index (χ0) is 20.6. The maximum Gasteiger partial charge on any atom is 0.344 e. The summed E-state index contributed by atoms with van der Waals surface area (Å²) in [7, 11) is 1.53. The van der Waals surface area contributed by atoms with Crippen LogP contribution in [0.1, 0.15) is 12.5 Å². The summed E-state index contributed by atoms with van der Waals surface area (Å²) in [4.78, 5) is 37.9. The molecule has 0 aliphatic carbocycles. The summed E-state index contributed by atoms with van der Waals surface area (Å²) in [5.74, 6) is 0.284. The number of benzene rings is 2. The molecule has 0 saturated carbocycles. The number of urea groups is 1. The van der Waals surface area contributed by atoms with E-state index in [-0.39, 0.29) is 6.61 Å². The zero-order valence-electron chi connectivity index (χ0n) is 15.8. The number of nitrogens with one attached hydrogen (secondary N) is 2. The van der Waals surface area contributed by atoms with Crippen LogP contribution in [0.2, 0.25) is 0 Å². The van der Waals surface area contributed by atoms with Crippen molar-refractivity contribution in [2.24, 2.45) is 0 Å². The third kappa shape index (κ3) is 3.20. The molecule has 2 aliphatic rings. The van der Waals surface area contributed by atoms with Crippen LogP contribution in [0.25, 0.3) is 0 Å². The van der Waals surface area contributed by atoms with Gasteiger partial charge in [-0.2, -0.15) is 5.01 Å². The van der Waals surface area contributed by atoms with Gasteiger partial charge in [0.25, 0.3) is 11.8 Å². The van der Waals surface area contributed by atoms with Gasteiger partial charge in [-0.05, 0) is 36.8 Å². The van der Waals surface area contributed by atoms with E-state index in [0.717, 1.165) is 0 Å². The molecule has 2 heterocycles. The van der Waals surface area contributed by atoms with Gasteiger partial charge in [0, 0.05) is 0 Å². The summed E-state index contributed by atoms with van der Waals surface area (Å²) in [6.45, 7) is 1.53. The maximum atomic E-state index is 12.9. The summed E-state index contributed by atoms with van der Waals surface area (Å²) >= 11 is 0. The molecule has 4 rings (SSSR count). The fourth-order valence-corrected chi connectivity index (χ4v) is 3.19. The third-order valence-corrected chi connectivity index (χ3v) is 4.88. The molecule has 1 fully saturated rings. The second-order valence-electron chi connectivity index (χ2n) is 6.76. The smallest absolute Gasteiger partial charge is 0.344 e. The van der Waals surface area contributed by atoms with E-state index in [1.165, 1.54) is 7.11 Å². The van der Waals surface area contributed by atoms with Crippen LogP contribution in [-0.4, -0.2) is 42.7 Å². The molecule has 9 heteroatoms. The number of para-hydroxylation sites is 2.